The van der Waals surface area contributed by atoms with Gasteiger partial charge in [-0.3, -0.25) is 9.89 Å². The highest BCUT2D eigenvalue weighted by atomic mass is 19.4. The molecule has 0 bridgehead atoms. The summed E-state index contributed by atoms with van der Waals surface area (Å²) < 4.78 is 42.8. The maximum absolute atomic E-state index is 12.5. The standard InChI is InChI=1S/C17H18F3N3O2/c18-17(19,20)11-5-7-12(8-6-11)25-10-9-21-16(24)15-13-3-1-2-4-14(13)22-23-15/h5-8H,1-4,9-10H2,(H,21,24)(H,22,23). The van der Waals surface area contributed by atoms with Gasteiger partial charge in [0.2, 0.25) is 0 Å². The first kappa shape index (κ1) is 17.3. The summed E-state index contributed by atoms with van der Waals surface area (Å²) in [6.45, 7) is 0.394. The van der Waals surface area contributed by atoms with Crippen LogP contribution in [0.1, 0.15) is 40.2 Å². The van der Waals surface area contributed by atoms with Crippen LogP contribution < -0.4 is 10.1 Å². The third kappa shape index (κ3) is 4.12. The van der Waals surface area contributed by atoms with E-state index < -0.39 is 11.7 Å². The molecule has 1 amide bonds. The van der Waals surface area contributed by atoms with Crippen molar-refractivity contribution in [3.63, 3.8) is 0 Å². The van der Waals surface area contributed by atoms with Gasteiger partial charge in [-0.25, -0.2) is 0 Å². The highest BCUT2D eigenvalue weighted by Crippen LogP contribution is 2.30. The third-order valence-electron chi connectivity index (χ3n) is 4.11. The number of ether oxygens (including phenoxy) is 1. The van der Waals surface area contributed by atoms with Crippen molar-refractivity contribution in [2.24, 2.45) is 0 Å². The molecule has 0 spiro atoms. The molecule has 25 heavy (non-hydrogen) atoms. The maximum atomic E-state index is 12.5. The molecule has 0 atom stereocenters. The zero-order chi connectivity index (χ0) is 17.9. The van der Waals surface area contributed by atoms with Crippen molar-refractivity contribution < 1.29 is 22.7 Å². The molecule has 1 aromatic heterocycles. The Kier molecular flexibility index (Phi) is 4.96. The second-order valence-electron chi connectivity index (χ2n) is 5.86. The van der Waals surface area contributed by atoms with Gasteiger partial charge in [-0.05, 0) is 49.9 Å². The largest absolute Gasteiger partial charge is 0.492 e. The van der Waals surface area contributed by atoms with Crippen molar-refractivity contribution >= 4 is 5.91 Å². The molecule has 3 rings (SSSR count). The van der Waals surface area contributed by atoms with E-state index in [-0.39, 0.29) is 19.1 Å². The van der Waals surface area contributed by atoms with Crippen LogP contribution in [0, 0.1) is 0 Å². The molecular formula is C17H18F3N3O2. The summed E-state index contributed by atoms with van der Waals surface area (Å²) >= 11 is 0. The number of amides is 1. The molecule has 2 N–H and O–H groups in total. The van der Waals surface area contributed by atoms with Gasteiger partial charge in [-0.2, -0.15) is 18.3 Å². The number of halogens is 3. The monoisotopic (exact) mass is 353 g/mol. The molecule has 0 saturated heterocycles. The lowest BCUT2D eigenvalue weighted by atomic mass is 9.96. The highest BCUT2D eigenvalue weighted by molar-refractivity contribution is 5.94. The first-order valence-electron chi connectivity index (χ1n) is 8.09. The van der Waals surface area contributed by atoms with Crippen LogP contribution in [0.2, 0.25) is 0 Å². The molecular weight excluding hydrogens is 335 g/mol. The van der Waals surface area contributed by atoms with E-state index in [0.717, 1.165) is 49.1 Å². The summed E-state index contributed by atoms with van der Waals surface area (Å²) in [5, 5.41) is 9.70. The van der Waals surface area contributed by atoms with Crippen LogP contribution in [0.15, 0.2) is 24.3 Å². The third-order valence-corrected chi connectivity index (χ3v) is 4.11. The second-order valence-corrected chi connectivity index (χ2v) is 5.86. The van der Waals surface area contributed by atoms with Gasteiger partial charge in [0.1, 0.15) is 12.4 Å². The lowest BCUT2D eigenvalue weighted by Crippen LogP contribution is -2.29. The minimum Gasteiger partial charge on any atom is -0.492 e. The topological polar surface area (TPSA) is 67.0 Å². The van der Waals surface area contributed by atoms with E-state index in [1.54, 1.807) is 0 Å². The molecule has 134 valence electrons. The van der Waals surface area contributed by atoms with Gasteiger partial charge < -0.3 is 10.1 Å². The van der Waals surface area contributed by atoms with Crippen LogP contribution in [0.3, 0.4) is 0 Å². The molecule has 0 unspecified atom stereocenters. The van der Waals surface area contributed by atoms with Gasteiger partial charge >= 0.3 is 6.18 Å². The molecule has 0 aliphatic heterocycles. The molecule has 0 fully saturated rings. The molecule has 2 aromatic rings. The van der Waals surface area contributed by atoms with Gasteiger partial charge in [-0.1, -0.05) is 0 Å². The van der Waals surface area contributed by atoms with Gasteiger partial charge in [0, 0.05) is 11.3 Å². The highest BCUT2D eigenvalue weighted by Gasteiger charge is 2.30. The lowest BCUT2D eigenvalue weighted by Gasteiger charge is -2.11. The second kappa shape index (κ2) is 7.16. The maximum Gasteiger partial charge on any atom is 0.416 e. The Labute approximate surface area is 142 Å². The van der Waals surface area contributed by atoms with Crippen molar-refractivity contribution in [3.05, 3.63) is 46.8 Å². The van der Waals surface area contributed by atoms with Crippen molar-refractivity contribution in [3.8, 4) is 5.75 Å². The van der Waals surface area contributed by atoms with E-state index in [1.165, 1.54) is 12.1 Å². The van der Waals surface area contributed by atoms with Gasteiger partial charge in [-0.15, -0.1) is 0 Å². The van der Waals surface area contributed by atoms with Gasteiger partial charge in [0.05, 0.1) is 12.1 Å². The fraction of sp³-hybridized carbons (Fsp3) is 0.412. The molecule has 1 heterocycles. The number of hydrogen-bond acceptors (Lipinski definition) is 3. The summed E-state index contributed by atoms with van der Waals surface area (Å²) in [6.07, 6.45) is -0.473. The Bertz CT molecular complexity index is 739. The van der Waals surface area contributed by atoms with Crippen molar-refractivity contribution in [2.75, 3.05) is 13.2 Å². The summed E-state index contributed by atoms with van der Waals surface area (Å²) in [5.74, 6) is 0.0508. The first-order valence-corrected chi connectivity index (χ1v) is 8.09. The number of aromatic nitrogens is 2. The minimum absolute atomic E-state index is 0.156. The average Bonchev–Trinajstić information content (AvgIpc) is 3.02. The molecule has 0 saturated carbocycles. The first-order chi connectivity index (χ1) is 11.9. The van der Waals surface area contributed by atoms with Crippen LogP contribution in [0.25, 0.3) is 0 Å². The molecule has 8 heteroatoms. The number of aromatic amines is 1. The number of fused-ring (bicyclic) bond motifs is 1. The smallest absolute Gasteiger partial charge is 0.416 e. The molecule has 1 aromatic carbocycles. The van der Waals surface area contributed by atoms with Crippen LogP contribution >= 0.6 is 0 Å². The molecule has 0 radical (unpaired) electrons. The number of carbonyl (C=O) groups is 1. The van der Waals surface area contributed by atoms with Crippen molar-refractivity contribution in [1.29, 1.82) is 0 Å². The van der Waals surface area contributed by atoms with Crippen molar-refractivity contribution in [1.82, 2.24) is 15.5 Å². The van der Waals surface area contributed by atoms with E-state index in [4.69, 9.17) is 4.74 Å². The summed E-state index contributed by atoms with van der Waals surface area (Å²) in [7, 11) is 0. The minimum atomic E-state index is -4.37. The Hall–Kier alpha value is -2.51. The number of aryl methyl sites for hydroxylation is 1. The predicted molar refractivity (Wildman–Crippen MR) is 84.5 cm³/mol. The van der Waals surface area contributed by atoms with Gasteiger partial charge in [0.15, 0.2) is 5.69 Å². The Morgan fingerprint density at radius 3 is 2.64 bits per heavy atom. The zero-order valence-corrected chi connectivity index (χ0v) is 13.4. The quantitative estimate of drug-likeness (QED) is 0.812. The number of nitrogens with one attached hydrogen (secondary N) is 2. The average molecular weight is 353 g/mol. The molecule has 1 aliphatic rings. The van der Waals surface area contributed by atoms with E-state index >= 15 is 0 Å². The molecule has 1 aliphatic carbocycles. The van der Waals surface area contributed by atoms with E-state index in [0.29, 0.717) is 11.4 Å². The Balaban J connectivity index is 1.47. The SMILES string of the molecule is O=C(NCCOc1ccc(C(F)(F)F)cc1)c1n[nH]c2c1CCCC2. The fourth-order valence-corrected chi connectivity index (χ4v) is 2.83. The number of rotatable bonds is 5. The Morgan fingerprint density at radius 1 is 1.20 bits per heavy atom. The Morgan fingerprint density at radius 2 is 1.92 bits per heavy atom. The van der Waals surface area contributed by atoms with Gasteiger partial charge in [0.25, 0.3) is 5.91 Å². The fourth-order valence-electron chi connectivity index (χ4n) is 2.83. The van der Waals surface area contributed by atoms with Crippen LogP contribution in [-0.4, -0.2) is 29.3 Å². The van der Waals surface area contributed by atoms with Crippen LogP contribution in [0.4, 0.5) is 13.2 Å². The number of nitrogens with zero attached hydrogens (tertiary/aromatic N) is 1. The van der Waals surface area contributed by atoms with Crippen LogP contribution in [0.5, 0.6) is 5.75 Å². The summed E-state index contributed by atoms with van der Waals surface area (Å²) in [5.41, 5.74) is 1.70. The number of carbonyl (C=O) groups excluding carboxylic acids is 1. The predicted octanol–water partition coefficient (Wildman–Crippen LogP) is 3.12. The normalized spacial score (nSPS) is 14.0. The molecule has 5 nitrogen and oxygen atoms in total. The van der Waals surface area contributed by atoms with Crippen LogP contribution in [-0.2, 0) is 19.0 Å². The number of benzene rings is 1. The van der Waals surface area contributed by atoms with E-state index in [2.05, 4.69) is 15.5 Å². The van der Waals surface area contributed by atoms with E-state index in [9.17, 15) is 18.0 Å². The number of H-pyrrole nitrogens is 1. The lowest BCUT2D eigenvalue weighted by molar-refractivity contribution is -0.137. The zero-order valence-electron chi connectivity index (χ0n) is 13.4. The number of alkyl halides is 3. The number of hydrogen-bond donors (Lipinski definition) is 2. The summed E-state index contributed by atoms with van der Waals surface area (Å²) in [6, 6.07) is 4.44. The summed E-state index contributed by atoms with van der Waals surface area (Å²) in [4.78, 5) is 12.2. The van der Waals surface area contributed by atoms with Crippen molar-refractivity contribution in [2.45, 2.75) is 31.9 Å². The van der Waals surface area contributed by atoms with E-state index in [1.807, 2.05) is 0 Å².